The van der Waals surface area contributed by atoms with Gasteiger partial charge < -0.3 is 10.2 Å². The summed E-state index contributed by atoms with van der Waals surface area (Å²) in [4.78, 5) is 24.5. The van der Waals surface area contributed by atoms with Crippen LogP contribution < -0.4 is 10.2 Å². The molecule has 1 aliphatic rings. The highest BCUT2D eigenvalue weighted by Crippen LogP contribution is 2.31. The molecule has 1 aliphatic heterocycles. The van der Waals surface area contributed by atoms with E-state index in [0.29, 0.717) is 6.07 Å². The van der Waals surface area contributed by atoms with E-state index in [1.165, 1.54) is 6.92 Å². The third-order valence-corrected chi connectivity index (χ3v) is 3.12. The van der Waals surface area contributed by atoms with Crippen LogP contribution in [0.4, 0.5) is 14.5 Å². The van der Waals surface area contributed by atoms with Crippen molar-refractivity contribution in [2.75, 3.05) is 11.4 Å². The monoisotopic (exact) mass is 288 g/mol. The Balaban J connectivity index is 2.45. The Morgan fingerprint density at radius 2 is 2.05 bits per heavy atom. The lowest BCUT2D eigenvalue weighted by molar-refractivity contribution is -0.125. The quantitative estimate of drug-likeness (QED) is 0.857. The summed E-state index contributed by atoms with van der Waals surface area (Å²) in [5.74, 6) is -2.55. The number of nitrogens with zero attached hydrogens (tertiary/aromatic N) is 1. The maximum Gasteiger partial charge on any atom is 0.249 e. The van der Waals surface area contributed by atoms with E-state index in [1.54, 1.807) is 0 Å². The van der Waals surface area contributed by atoms with Gasteiger partial charge in [0.2, 0.25) is 11.8 Å². The van der Waals surface area contributed by atoms with Gasteiger partial charge >= 0.3 is 0 Å². The van der Waals surface area contributed by atoms with E-state index in [-0.39, 0.29) is 29.6 Å². The summed E-state index contributed by atoms with van der Waals surface area (Å²) >= 11 is 5.79. The van der Waals surface area contributed by atoms with E-state index in [9.17, 15) is 18.4 Å². The van der Waals surface area contributed by atoms with Gasteiger partial charge in [-0.05, 0) is 13.0 Å². The van der Waals surface area contributed by atoms with Gasteiger partial charge in [0.1, 0.15) is 11.9 Å². The molecule has 1 atom stereocenters. The number of carbonyl (C=O) groups excluding carboxylic acids is 2. The summed E-state index contributed by atoms with van der Waals surface area (Å²) < 4.78 is 26.8. The highest BCUT2D eigenvalue weighted by atomic mass is 35.5. The second-order valence-corrected chi connectivity index (χ2v) is 4.65. The minimum atomic E-state index is -0.931. The number of nitrogens with one attached hydrogen (secondary N) is 1. The van der Waals surface area contributed by atoms with Crippen molar-refractivity contribution in [3.63, 3.8) is 0 Å². The molecule has 102 valence electrons. The fourth-order valence-electron chi connectivity index (χ4n) is 1.95. The molecular weight excluding hydrogens is 278 g/mol. The van der Waals surface area contributed by atoms with Crippen LogP contribution in [-0.2, 0) is 9.59 Å². The number of hydrogen-bond donors (Lipinski definition) is 1. The van der Waals surface area contributed by atoms with Crippen molar-refractivity contribution in [2.45, 2.75) is 19.4 Å². The van der Waals surface area contributed by atoms with Gasteiger partial charge in [-0.2, -0.15) is 0 Å². The summed E-state index contributed by atoms with van der Waals surface area (Å²) in [6.45, 7) is 1.49. The van der Waals surface area contributed by atoms with Gasteiger partial charge in [0.05, 0.1) is 10.7 Å². The Kier molecular flexibility index (Phi) is 3.71. The summed E-state index contributed by atoms with van der Waals surface area (Å²) in [7, 11) is 0. The lowest BCUT2D eigenvalue weighted by Crippen LogP contribution is -2.43. The summed E-state index contributed by atoms with van der Waals surface area (Å²) in [5.41, 5.74) is -0.198. The van der Waals surface area contributed by atoms with E-state index in [4.69, 9.17) is 11.6 Å². The molecule has 0 saturated carbocycles. The molecule has 19 heavy (non-hydrogen) atoms. The molecule has 7 heteroatoms. The Labute approximate surface area is 113 Å². The lowest BCUT2D eigenvalue weighted by Gasteiger charge is -2.23. The van der Waals surface area contributed by atoms with Crippen molar-refractivity contribution >= 4 is 29.1 Å². The zero-order valence-corrected chi connectivity index (χ0v) is 10.8. The van der Waals surface area contributed by atoms with Gasteiger partial charge in [-0.15, -0.1) is 0 Å². The van der Waals surface area contributed by atoms with Gasteiger partial charge in [0.15, 0.2) is 5.82 Å². The van der Waals surface area contributed by atoms with E-state index in [2.05, 4.69) is 5.32 Å². The highest BCUT2D eigenvalue weighted by molar-refractivity contribution is 6.34. The molecule has 0 bridgehead atoms. The van der Waals surface area contributed by atoms with Crippen LogP contribution in [-0.4, -0.2) is 24.4 Å². The molecule has 1 aromatic rings. The Hall–Kier alpha value is -1.69. The fraction of sp³-hybridized carbons (Fsp3) is 0.333. The maximum absolute atomic E-state index is 13.8. The van der Waals surface area contributed by atoms with Crippen LogP contribution in [0, 0.1) is 11.6 Å². The second-order valence-electron chi connectivity index (χ2n) is 4.25. The van der Waals surface area contributed by atoms with Gasteiger partial charge in [0.25, 0.3) is 0 Å². The predicted octanol–water partition coefficient (Wildman–Crippen LogP) is 1.86. The second kappa shape index (κ2) is 5.13. The third kappa shape index (κ3) is 2.68. The van der Waals surface area contributed by atoms with E-state index < -0.39 is 23.6 Å². The molecule has 0 radical (unpaired) electrons. The Morgan fingerprint density at radius 1 is 1.37 bits per heavy atom. The molecule has 4 nitrogen and oxygen atoms in total. The van der Waals surface area contributed by atoms with E-state index >= 15 is 0 Å². The minimum Gasteiger partial charge on any atom is -0.345 e. The van der Waals surface area contributed by atoms with Crippen molar-refractivity contribution in [3.05, 3.63) is 28.8 Å². The molecule has 1 heterocycles. The molecule has 2 rings (SSSR count). The molecule has 1 unspecified atom stereocenters. The molecule has 1 saturated heterocycles. The van der Waals surface area contributed by atoms with Crippen molar-refractivity contribution in [2.24, 2.45) is 0 Å². The van der Waals surface area contributed by atoms with Crippen LogP contribution in [0.1, 0.15) is 13.3 Å². The first-order valence-electron chi connectivity index (χ1n) is 5.65. The molecule has 0 aromatic heterocycles. The smallest absolute Gasteiger partial charge is 0.249 e. The Morgan fingerprint density at radius 3 is 2.68 bits per heavy atom. The summed E-state index contributed by atoms with van der Waals surface area (Å²) in [6.07, 6.45) is 0.0310. The topological polar surface area (TPSA) is 49.4 Å². The standard InChI is InChI=1S/C12H11ClF2N2O2/c1-6-12(19)17(3-2-10(18)16-6)11-8(13)4-7(14)5-9(11)15/h4-6H,2-3H2,1H3,(H,16,18). The predicted molar refractivity (Wildman–Crippen MR) is 65.9 cm³/mol. The van der Waals surface area contributed by atoms with Crippen molar-refractivity contribution < 1.29 is 18.4 Å². The molecule has 0 aliphatic carbocycles. The molecule has 1 N–H and O–H groups in total. The zero-order chi connectivity index (χ0) is 14.2. The molecular formula is C12H11ClF2N2O2. The van der Waals surface area contributed by atoms with Crippen molar-refractivity contribution in [1.82, 2.24) is 5.32 Å². The molecule has 1 fully saturated rings. The number of benzene rings is 1. The van der Waals surface area contributed by atoms with Crippen LogP contribution in [0.3, 0.4) is 0 Å². The Bertz CT molecular complexity index is 528. The van der Waals surface area contributed by atoms with Crippen LogP contribution >= 0.6 is 11.6 Å². The number of anilines is 1. The number of rotatable bonds is 1. The van der Waals surface area contributed by atoms with Crippen LogP contribution in [0.2, 0.25) is 5.02 Å². The van der Waals surface area contributed by atoms with Crippen LogP contribution in [0.25, 0.3) is 0 Å². The third-order valence-electron chi connectivity index (χ3n) is 2.83. The first-order chi connectivity index (χ1) is 8.90. The van der Waals surface area contributed by atoms with Crippen LogP contribution in [0.5, 0.6) is 0 Å². The average molecular weight is 289 g/mol. The normalized spacial score (nSPS) is 20.2. The van der Waals surface area contributed by atoms with E-state index in [0.717, 1.165) is 11.0 Å². The minimum absolute atomic E-state index is 0.00270. The van der Waals surface area contributed by atoms with E-state index in [1.807, 2.05) is 0 Å². The highest BCUT2D eigenvalue weighted by Gasteiger charge is 2.30. The molecule has 1 aromatic carbocycles. The van der Waals surface area contributed by atoms with Gasteiger partial charge in [0, 0.05) is 19.0 Å². The van der Waals surface area contributed by atoms with Crippen molar-refractivity contribution in [3.8, 4) is 0 Å². The first-order valence-corrected chi connectivity index (χ1v) is 6.03. The van der Waals surface area contributed by atoms with Gasteiger partial charge in [-0.3, -0.25) is 9.59 Å². The lowest BCUT2D eigenvalue weighted by atomic mass is 10.2. The summed E-state index contributed by atoms with van der Waals surface area (Å²) in [6, 6.07) is 0.799. The van der Waals surface area contributed by atoms with Crippen LogP contribution in [0.15, 0.2) is 12.1 Å². The average Bonchev–Trinajstić information content (AvgIpc) is 2.41. The number of halogens is 3. The molecule has 0 spiro atoms. The number of amides is 2. The fourth-order valence-corrected chi connectivity index (χ4v) is 2.24. The SMILES string of the molecule is CC1NC(=O)CCN(c2c(F)cc(F)cc2Cl)C1=O. The maximum atomic E-state index is 13.8. The van der Waals surface area contributed by atoms with Gasteiger partial charge in [-0.25, -0.2) is 8.78 Å². The number of carbonyl (C=O) groups is 2. The molecule has 2 amide bonds. The van der Waals surface area contributed by atoms with Gasteiger partial charge in [-0.1, -0.05) is 11.6 Å². The largest absolute Gasteiger partial charge is 0.345 e. The van der Waals surface area contributed by atoms with Crippen molar-refractivity contribution in [1.29, 1.82) is 0 Å². The summed E-state index contributed by atoms with van der Waals surface area (Å²) in [5, 5.41) is 2.27. The first kappa shape index (κ1) is 13.7. The zero-order valence-electron chi connectivity index (χ0n) is 10.0. The number of hydrogen-bond acceptors (Lipinski definition) is 2.